The van der Waals surface area contributed by atoms with Crippen LogP contribution in [0.25, 0.3) is 0 Å². The quantitative estimate of drug-likeness (QED) is 0.729. The van der Waals surface area contributed by atoms with E-state index in [2.05, 4.69) is 35.0 Å². The maximum Gasteiger partial charge on any atom is 0.105 e. The molecule has 0 N–H and O–H groups in total. The SMILES string of the molecule is Brn1ccnc1.CCCCCC. The van der Waals surface area contributed by atoms with Gasteiger partial charge in [0.1, 0.15) is 6.33 Å². The molecule has 0 saturated heterocycles. The molecule has 0 radical (unpaired) electrons. The summed E-state index contributed by atoms with van der Waals surface area (Å²) < 4.78 is 1.70. The van der Waals surface area contributed by atoms with Gasteiger partial charge in [-0.3, -0.25) is 3.59 Å². The summed E-state index contributed by atoms with van der Waals surface area (Å²) in [5, 5.41) is 0. The van der Waals surface area contributed by atoms with Crippen molar-refractivity contribution in [2.45, 2.75) is 39.5 Å². The highest BCUT2D eigenvalue weighted by atomic mass is 79.9. The van der Waals surface area contributed by atoms with Gasteiger partial charge in [0.2, 0.25) is 0 Å². The van der Waals surface area contributed by atoms with Gasteiger partial charge < -0.3 is 0 Å². The Morgan fingerprint density at radius 3 is 2.00 bits per heavy atom. The fourth-order valence-corrected chi connectivity index (χ4v) is 0.954. The van der Waals surface area contributed by atoms with Crippen molar-refractivity contribution in [2.24, 2.45) is 0 Å². The first kappa shape index (κ1) is 11.7. The van der Waals surface area contributed by atoms with Crippen molar-refractivity contribution in [1.29, 1.82) is 0 Å². The minimum absolute atomic E-state index is 1.36. The van der Waals surface area contributed by atoms with Gasteiger partial charge in [0.25, 0.3) is 0 Å². The molecule has 1 aromatic heterocycles. The van der Waals surface area contributed by atoms with Gasteiger partial charge in [0.15, 0.2) is 0 Å². The Morgan fingerprint density at radius 1 is 1.25 bits per heavy atom. The van der Waals surface area contributed by atoms with Crippen molar-refractivity contribution in [3.05, 3.63) is 18.7 Å². The van der Waals surface area contributed by atoms with E-state index in [0.29, 0.717) is 0 Å². The third kappa shape index (κ3) is 7.79. The van der Waals surface area contributed by atoms with E-state index in [0.717, 1.165) is 0 Å². The molecule has 2 nitrogen and oxygen atoms in total. The molecule has 0 aliphatic heterocycles. The Bertz CT molecular complexity index is 157. The molecule has 3 heteroatoms. The zero-order valence-corrected chi connectivity index (χ0v) is 9.42. The number of imidazole rings is 1. The van der Waals surface area contributed by atoms with Gasteiger partial charge in [-0.15, -0.1) is 0 Å². The Kier molecular flexibility index (Phi) is 8.56. The summed E-state index contributed by atoms with van der Waals surface area (Å²) >= 11 is 3.14. The number of unbranched alkanes of at least 4 members (excludes halogenated alkanes) is 3. The van der Waals surface area contributed by atoms with Crippen LogP contribution in [-0.2, 0) is 0 Å². The van der Waals surface area contributed by atoms with Crippen LogP contribution < -0.4 is 0 Å². The van der Waals surface area contributed by atoms with Crippen LogP contribution in [0.3, 0.4) is 0 Å². The zero-order chi connectivity index (χ0) is 9.23. The summed E-state index contributed by atoms with van der Waals surface area (Å²) in [6, 6.07) is 0. The summed E-state index contributed by atoms with van der Waals surface area (Å²) in [5.74, 6) is 0. The molecule has 1 aromatic rings. The smallest absolute Gasteiger partial charge is 0.105 e. The van der Waals surface area contributed by atoms with Crippen molar-refractivity contribution < 1.29 is 0 Å². The van der Waals surface area contributed by atoms with Gasteiger partial charge in [-0.05, 0) is 0 Å². The number of hydrogen-bond donors (Lipinski definition) is 0. The third-order valence-electron chi connectivity index (χ3n) is 1.43. The summed E-state index contributed by atoms with van der Waals surface area (Å²) in [6.07, 6.45) is 10.7. The first-order valence-corrected chi connectivity index (χ1v) is 5.16. The van der Waals surface area contributed by atoms with Crippen molar-refractivity contribution in [2.75, 3.05) is 0 Å². The predicted octanol–water partition coefficient (Wildman–Crippen LogP) is 3.63. The van der Waals surface area contributed by atoms with E-state index in [1.165, 1.54) is 25.7 Å². The number of aromatic nitrogens is 2. The van der Waals surface area contributed by atoms with E-state index in [4.69, 9.17) is 0 Å². The van der Waals surface area contributed by atoms with Crippen LogP contribution in [-0.4, -0.2) is 8.58 Å². The van der Waals surface area contributed by atoms with Crippen LogP contribution in [0, 0.1) is 0 Å². The molecule has 0 bridgehead atoms. The van der Waals surface area contributed by atoms with Crippen LogP contribution in [0.1, 0.15) is 39.5 Å². The molecule has 1 rings (SSSR count). The van der Waals surface area contributed by atoms with Crippen LogP contribution in [0.4, 0.5) is 0 Å². The fourth-order valence-electron chi connectivity index (χ4n) is 0.743. The molecule has 12 heavy (non-hydrogen) atoms. The lowest BCUT2D eigenvalue weighted by molar-refractivity contribution is 0.702. The highest BCUT2D eigenvalue weighted by molar-refractivity contribution is 9.08. The molecular formula is C9H17BrN2. The van der Waals surface area contributed by atoms with Gasteiger partial charge in [-0.1, -0.05) is 39.5 Å². The summed E-state index contributed by atoms with van der Waals surface area (Å²) in [5.41, 5.74) is 0. The van der Waals surface area contributed by atoms with Gasteiger partial charge in [-0.2, -0.15) is 0 Å². The van der Waals surface area contributed by atoms with Gasteiger partial charge in [0.05, 0.1) is 16.1 Å². The molecule has 1 heterocycles. The lowest BCUT2D eigenvalue weighted by atomic mass is 10.2. The van der Waals surface area contributed by atoms with Crippen LogP contribution >= 0.6 is 16.1 Å². The van der Waals surface area contributed by atoms with Crippen molar-refractivity contribution >= 4 is 16.1 Å². The van der Waals surface area contributed by atoms with Crippen molar-refractivity contribution in [3.63, 3.8) is 0 Å². The molecule has 0 spiro atoms. The lowest BCUT2D eigenvalue weighted by Crippen LogP contribution is -1.66. The molecule has 70 valence electrons. The number of nitrogens with zero attached hydrogens (tertiary/aromatic N) is 2. The van der Waals surface area contributed by atoms with Crippen molar-refractivity contribution in [1.82, 2.24) is 8.58 Å². The van der Waals surface area contributed by atoms with E-state index < -0.39 is 0 Å². The van der Waals surface area contributed by atoms with E-state index in [1.54, 1.807) is 22.3 Å². The highest BCUT2D eigenvalue weighted by Gasteiger charge is 1.75. The van der Waals surface area contributed by atoms with E-state index >= 15 is 0 Å². The van der Waals surface area contributed by atoms with Crippen LogP contribution in [0.5, 0.6) is 0 Å². The number of hydrogen-bond acceptors (Lipinski definition) is 1. The van der Waals surface area contributed by atoms with E-state index in [1.807, 2.05) is 0 Å². The maximum atomic E-state index is 3.74. The van der Waals surface area contributed by atoms with E-state index in [9.17, 15) is 0 Å². The molecule has 0 atom stereocenters. The minimum atomic E-state index is 1.36. The average molecular weight is 233 g/mol. The second-order valence-electron chi connectivity index (χ2n) is 2.61. The average Bonchev–Trinajstić information content (AvgIpc) is 2.53. The maximum absolute atomic E-state index is 3.74. The Balaban J connectivity index is 0.000000202. The molecule has 0 aromatic carbocycles. The lowest BCUT2D eigenvalue weighted by Gasteiger charge is -1.86. The topological polar surface area (TPSA) is 17.8 Å². The zero-order valence-electron chi connectivity index (χ0n) is 7.83. The van der Waals surface area contributed by atoms with Gasteiger partial charge in [0, 0.05) is 12.4 Å². The van der Waals surface area contributed by atoms with Gasteiger partial charge >= 0.3 is 0 Å². The summed E-state index contributed by atoms with van der Waals surface area (Å²) in [4.78, 5) is 3.74. The summed E-state index contributed by atoms with van der Waals surface area (Å²) in [6.45, 7) is 4.46. The third-order valence-corrected chi connectivity index (χ3v) is 1.85. The Morgan fingerprint density at radius 2 is 1.83 bits per heavy atom. The molecule has 0 amide bonds. The fraction of sp³-hybridized carbons (Fsp3) is 0.667. The minimum Gasteiger partial charge on any atom is -0.273 e. The van der Waals surface area contributed by atoms with E-state index in [-0.39, 0.29) is 0 Å². The molecule has 0 fully saturated rings. The molecule has 0 aliphatic rings. The first-order valence-electron chi connectivity index (χ1n) is 4.45. The highest BCUT2D eigenvalue weighted by Crippen LogP contribution is 1.95. The molecular weight excluding hydrogens is 216 g/mol. The largest absolute Gasteiger partial charge is 0.273 e. The van der Waals surface area contributed by atoms with Gasteiger partial charge in [-0.25, -0.2) is 4.98 Å². The normalized spacial score (nSPS) is 8.92. The van der Waals surface area contributed by atoms with Crippen LogP contribution in [0.2, 0.25) is 0 Å². The second kappa shape index (κ2) is 8.78. The Labute approximate surface area is 83.3 Å². The molecule has 0 saturated carbocycles. The summed E-state index contributed by atoms with van der Waals surface area (Å²) in [7, 11) is 0. The second-order valence-corrected chi connectivity index (χ2v) is 3.43. The first-order chi connectivity index (χ1) is 5.81. The van der Waals surface area contributed by atoms with Crippen LogP contribution in [0.15, 0.2) is 18.7 Å². The Hall–Kier alpha value is -0.310. The molecule has 0 aliphatic carbocycles. The predicted molar refractivity (Wildman–Crippen MR) is 56.4 cm³/mol. The number of halogens is 1. The van der Waals surface area contributed by atoms with Crippen molar-refractivity contribution in [3.8, 4) is 0 Å². The molecule has 0 unspecified atom stereocenters. The monoisotopic (exact) mass is 232 g/mol. The number of rotatable bonds is 3. The standard InChI is InChI=1S/C6H14.C3H3BrN2/c1-3-5-6-4-2;4-6-2-1-5-3-6/h3-6H2,1-2H3;1-3H.